The van der Waals surface area contributed by atoms with Crippen molar-refractivity contribution < 1.29 is 9.53 Å². The maximum Gasteiger partial charge on any atom is 0.230 e. The van der Waals surface area contributed by atoms with Crippen molar-refractivity contribution in [2.24, 2.45) is 11.8 Å². The molecule has 5 heteroatoms. The van der Waals surface area contributed by atoms with Crippen LogP contribution in [0.25, 0.3) is 0 Å². The Balaban J connectivity index is 2.13. The number of benzene rings is 1. The minimum absolute atomic E-state index is 0.0209. The molecule has 1 saturated heterocycles. The van der Waals surface area contributed by atoms with Gasteiger partial charge in [-0.3, -0.25) is 4.79 Å². The first kappa shape index (κ1) is 15.1. The van der Waals surface area contributed by atoms with Crippen LogP contribution in [0.4, 0.5) is 5.69 Å². The second-order valence-electron chi connectivity index (χ2n) is 5.04. The zero-order valence-corrected chi connectivity index (χ0v) is 14.0. The molecule has 0 aromatic heterocycles. The molecule has 4 atom stereocenters. The number of halogens is 2. The summed E-state index contributed by atoms with van der Waals surface area (Å²) in [6.45, 7) is 6.00. The number of amides is 1. The summed E-state index contributed by atoms with van der Waals surface area (Å²) in [4.78, 5) is 12.4. The Hall–Kier alpha value is -0.330. The van der Waals surface area contributed by atoms with Crippen LogP contribution in [-0.2, 0) is 9.53 Å². The van der Waals surface area contributed by atoms with Crippen molar-refractivity contribution in [1.82, 2.24) is 0 Å². The standard InChI is InChI=1S/C14H17ClINO2/c1-7-8(2)19-9(3)13(7)14(18)17-12-5-4-10(16)6-11(12)15/h4-9,13H,1-3H3,(H,17,18). The highest BCUT2D eigenvalue weighted by molar-refractivity contribution is 14.1. The zero-order chi connectivity index (χ0) is 14.2. The molecule has 0 bridgehead atoms. The largest absolute Gasteiger partial charge is 0.374 e. The lowest BCUT2D eigenvalue weighted by Gasteiger charge is -2.18. The Morgan fingerprint density at radius 3 is 2.53 bits per heavy atom. The summed E-state index contributed by atoms with van der Waals surface area (Å²) in [7, 11) is 0. The van der Waals surface area contributed by atoms with E-state index < -0.39 is 0 Å². The second-order valence-corrected chi connectivity index (χ2v) is 6.70. The van der Waals surface area contributed by atoms with E-state index in [1.807, 2.05) is 39.0 Å². The number of ether oxygens (including phenoxy) is 1. The van der Waals surface area contributed by atoms with Gasteiger partial charge in [-0.2, -0.15) is 0 Å². The van der Waals surface area contributed by atoms with Crippen molar-refractivity contribution >= 4 is 45.8 Å². The van der Waals surface area contributed by atoms with Gasteiger partial charge in [0.15, 0.2) is 0 Å². The minimum atomic E-state index is -0.134. The SMILES string of the molecule is CC1OC(C)C(C(=O)Nc2ccc(I)cc2Cl)C1C. The van der Waals surface area contributed by atoms with E-state index in [-0.39, 0.29) is 30.0 Å². The van der Waals surface area contributed by atoms with Crippen molar-refractivity contribution in [1.29, 1.82) is 0 Å². The van der Waals surface area contributed by atoms with Gasteiger partial charge < -0.3 is 10.1 Å². The highest BCUT2D eigenvalue weighted by Gasteiger charge is 2.41. The predicted octanol–water partition coefficient (Wildman–Crippen LogP) is 3.94. The molecule has 1 aromatic rings. The molecule has 19 heavy (non-hydrogen) atoms. The molecule has 1 N–H and O–H groups in total. The lowest BCUT2D eigenvalue weighted by atomic mass is 9.89. The third-order valence-corrected chi connectivity index (χ3v) is 4.72. The molecule has 1 amide bonds. The third-order valence-electron chi connectivity index (χ3n) is 3.73. The van der Waals surface area contributed by atoms with Gasteiger partial charge in [0.05, 0.1) is 28.8 Å². The summed E-state index contributed by atoms with van der Waals surface area (Å²) < 4.78 is 6.74. The van der Waals surface area contributed by atoms with E-state index in [0.29, 0.717) is 10.7 Å². The van der Waals surface area contributed by atoms with Crippen LogP contribution in [0, 0.1) is 15.4 Å². The topological polar surface area (TPSA) is 38.3 Å². The van der Waals surface area contributed by atoms with Gasteiger partial charge >= 0.3 is 0 Å². The first-order valence-electron chi connectivity index (χ1n) is 6.31. The van der Waals surface area contributed by atoms with Crippen molar-refractivity contribution in [3.8, 4) is 0 Å². The number of rotatable bonds is 2. The number of hydrogen-bond donors (Lipinski definition) is 1. The Kier molecular flexibility index (Phi) is 4.74. The third kappa shape index (κ3) is 3.23. The normalized spacial score (nSPS) is 30.4. The predicted molar refractivity (Wildman–Crippen MR) is 85.5 cm³/mol. The van der Waals surface area contributed by atoms with Crippen LogP contribution in [0.1, 0.15) is 20.8 Å². The summed E-state index contributed by atoms with van der Waals surface area (Å²) in [6.07, 6.45) is 0.0468. The Bertz CT molecular complexity index is 494. The smallest absolute Gasteiger partial charge is 0.230 e. The van der Waals surface area contributed by atoms with E-state index in [4.69, 9.17) is 16.3 Å². The first-order chi connectivity index (χ1) is 8.90. The number of carbonyl (C=O) groups excluding carboxylic acids is 1. The molecule has 0 spiro atoms. The van der Waals surface area contributed by atoms with Crippen molar-refractivity contribution in [2.75, 3.05) is 5.32 Å². The highest BCUT2D eigenvalue weighted by Crippen LogP contribution is 2.33. The second kappa shape index (κ2) is 5.97. The number of nitrogens with one attached hydrogen (secondary N) is 1. The molecule has 1 heterocycles. The number of anilines is 1. The fourth-order valence-electron chi connectivity index (χ4n) is 2.53. The number of hydrogen-bond acceptors (Lipinski definition) is 2. The molecule has 1 aliphatic heterocycles. The lowest BCUT2D eigenvalue weighted by molar-refractivity contribution is -0.121. The summed E-state index contributed by atoms with van der Waals surface area (Å²) in [5, 5.41) is 3.47. The van der Waals surface area contributed by atoms with E-state index in [0.717, 1.165) is 3.57 Å². The fourth-order valence-corrected chi connectivity index (χ4v) is 3.43. The quantitative estimate of drug-likeness (QED) is 0.773. The average Bonchev–Trinajstić information content (AvgIpc) is 2.57. The van der Waals surface area contributed by atoms with E-state index >= 15 is 0 Å². The first-order valence-corrected chi connectivity index (χ1v) is 7.77. The molecule has 2 rings (SSSR count). The van der Waals surface area contributed by atoms with E-state index in [2.05, 4.69) is 27.9 Å². The van der Waals surface area contributed by atoms with Gasteiger partial charge in [0.1, 0.15) is 0 Å². The maximum absolute atomic E-state index is 12.4. The van der Waals surface area contributed by atoms with Gasteiger partial charge in [-0.1, -0.05) is 18.5 Å². The van der Waals surface area contributed by atoms with Gasteiger partial charge in [-0.15, -0.1) is 0 Å². The molecule has 1 fully saturated rings. The Morgan fingerprint density at radius 2 is 2.00 bits per heavy atom. The van der Waals surface area contributed by atoms with Gasteiger partial charge in [-0.25, -0.2) is 0 Å². The van der Waals surface area contributed by atoms with E-state index in [1.54, 1.807) is 0 Å². The van der Waals surface area contributed by atoms with Crippen LogP contribution in [-0.4, -0.2) is 18.1 Å². The van der Waals surface area contributed by atoms with Gasteiger partial charge in [0, 0.05) is 3.57 Å². The van der Waals surface area contributed by atoms with Gasteiger partial charge in [-0.05, 0) is 60.6 Å². The van der Waals surface area contributed by atoms with Crippen molar-refractivity contribution in [2.45, 2.75) is 33.0 Å². The van der Waals surface area contributed by atoms with Crippen LogP contribution in [0.5, 0.6) is 0 Å². The molecular formula is C14H17ClINO2. The summed E-state index contributed by atoms with van der Waals surface area (Å²) in [5.41, 5.74) is 0.658. The summed E-state index contributed by atoms with van der Waals surface area (Å²) >= 11 is 8.32. The maximum atomic E-state index is 12.4. The average molecular weight is 394 g/mol. The monoisotopic (exact) mass is 393 g/mol. The summed E-state index contributed by atoms with van der Waals surface area (Å²) in [6, 6.07) is 5.58. The van der Waals surface area contributed by atoms with Crippen LogP contribution >= 0.6 is 34.2 Å². The molecule has 4 unspecified atom stereocenters. The molecule has 104 valence electrons. The molecule has 0 aliphatic carbocycles. The van der Waals surface area contributed by atoms with Gasteiger partial charge in [0.2, 0.25) is 5.91 Å². The Labute approximate surface area is 132 Å². The van der Waals surface area contributed by atoms with Crippen molar-refractivity contribution in [3.05, 3.63) is 26.8 Å². The number of carbonyl (C=O) groups is 1. The van der Waals surface area contributed by atoms with Crippen LogP contribution in [0.3, 0.4) is 0 Å². The van der Waals surface area contributed by atoms with Crippen LogP contribution < -0.4 is 5.32 Å². The molecule has 1 aliphatic rings. The zero-order valence-electron chi connectivity index (χ0n) is 11.1. The van der Waals surface area contributed by atoms with Crippen LogP contribution in [0.2, 0.25) is 5.02 Å². The van der Waals surface area contributed by atoms with Crippen LogP contribution in [0.15, 0.2) is 18.2 Å². The van der Waals surface area contributed by atoms with E-state index in [1.165, 1.54) is 0 Å². The molecule has 1 aromatic carbocycles. The molecule has 3 nitrogen and oxygen atoms in total. The highest BCUT2D eigenvalue weighted by atomic mass is 127. The summed E-state index contributed by atoms with van der Waals surface area (Å²) in [5.74, 6) is 0.0513. The molecule has 0 saturated carbocycles. The van der Waals surface area contributed by atoms with E-state index in [9.17, 15) is 4.79 Å². The molecular weight excluding hydrogens is 377 g/mol. The minimum Gasteiger partial charge on any atom is -0.374 e. The molecule has 0 radical (unpaired) electrons. The van der Waals surface area contributed by atoms with Crippen molar-refractivity contribution in [3.63, 3.8) is 0 Å². The fraction of sp³-hybridized carbons (Fsp3) is 0.500. The van der Waals surface area contributed by atoms with Gasteiger partial charge in [0.25, 0.3) is 0 Å². The Morgan fingerprint density at radius 1 is 1.32 bits per heavy atom. The lowest BCUT2D eigenvalue weighted by Crippen LogP contribution is -2.32.